The van der Waals surface area contributed by atoms with Crippen LogP contribution in [0.3, 0.4) is 0 Å². The molecule has 150 valence electrons. The molecule has 1 aliphatic carbocycles. The summed E-state index contributed by atoms with van der Waals surface area (Å²) >= 11 is 0. The lowest BCUT2D eigenvalue weighted by Gasteiger charge is -2.18. The molecule has 0 radical (unpaired) electrons. The third-order valence-corrected chi connectivity index (χ3v) is 5.33. The molecule has 2 aromatic carbocycles. The third-order valence-electron chi connectivity index (χ3n) is 5.33. The first-order chi connectivity index (χ1) is 13.9. The summed E-state index contributed by atoms with van der Waals surface area (Å²) in [6.07, 6.45) is 1.57. The number of nitrogens with zero attached hydrogens (tertiary/aromatic N) is 2. The van der Waals surface area contributed by atoms with E-state index in [1.165, 1.54) is 36.4 Å². The predicted octanol–water partition coefficient (Wildman–Crippen LogP) is 4.69. The Bertz CT molecular complexity index is 1040. The van der Waals surface area contributed by atoms with Gasteiger partial charge in [0.1, 0.15) is 23.5 Å². The number of rotatable bonds is 5. The number of halogens is 2. The van der Waals surface area contributed by atoms with Gasteiger partial charge in [0.05, 0.1) is 5.52 Å². The van der Waals surface area contributed by atoms with Gasteiger partial charge in [-0.05, 0) is 48.5 Å². The molecule has 1 heterocycles. The van der Waals surface area contributed by atoms with Gasteiger partial charge in [0.25, 0.3) is 0 Å². The van der Waals surface area contributed by atoms with E-state index in [-0.39, 0.29) is 35.6 Å². The maximum atomic E-state index is 13.6. The summed E-state index contributed by atoms with van der Waals surface area (Å²) in [6.45, 7) is 2.57. The number of ether oxygens (including phenoxy) is 1. The lowest BCUT2D eigenvalue weighted by atomic mass is 10.2. The number of aromatic nitrogens is 1. The van der Waals surface area contributed by atoms with Crippen molar-refractivity contribution in [1.82, 2.24) is 9.88 Å². The zero-order valence-corrected chi connectivity index (χ0v) is 16.1. The first-order valence-corrected chi connectivity index (χ1v) is 9.41. The minimum Gasteiger partial charge on any atom is -0.489 e. The van der Waals surface area contributed by atoms with Crippen LogP contribution in [0.25, 0.3) is 10.9 Å². The Morgan fingerprint density at radius 3 is 2.62 bits per heavy atom. The lowest BCUT2D eigenvalue weighted by Crippen LogP contribution is -2.33. The number of carbonyl (C=O) groups excluding carboxylic acids is 1. The standard InChI is InChI=1S/C22H21F2N3O2/c1-13-18(12-27(2)22(28)26-16-6-3-14(23)4-7-16)21(13)29-20-9-10-25-19-8-5-15(24)11-17(19)20/h3-11,13,18,21H,12H2,1-2H3,(H,26,28). The quantitative estimate of drug-likeness (QED) is 0.680. The zero-order valence-electron chi connectivity index (χ0n) is 16.1. The molecule has 1 aromatic heterocycles. The normalized spacial score (nSPS) is 20.3. The molecule has 0 aliphatic heterocycles. The van der Waals surface area contributed by atoms with Gasteiger partial charge in [-0.25, -0.2) is 13.6 Å². The molecule has 5 nitrogen and oxygen atoms in total. The SMILES string of the molecule is CC1C(CN(C)C(=O)Nc2ccc(F)cc2)C1Oc1ccnc2ccc(F)cc12. The molecular formula is C22H21F2N3O2. The number of nitrogens with one attached hydrogen (secondary N) is 1. The minimum atomic E-state index is -0.355. The predicted molar refractivity (Wildman–Crippen MR) is 107 cm³/mol. The average Bonchev–Trinajstić information content (AvgIpc) is 3.30. The summed E-state index contributed by atoms with van der Waals surface area (Å²) in [4.78, 5) is 18.2. The Kier molecular flexibility index (Phi) is 5.05. The molecule has 1 fully saturated rings. The fourth-order valence-electron chi connectivity index (χ4n) is 3.46. The van der Waals surface area contributed by atoms with Crippen molar-refractivity contribution in [3.05, 3.63) is 66.4 Å². The molecule has 29 heavy (non-hydrogen) atoms. The van der Waals surface area contributed by atoms with Crippen molar-refractivity contribution >= 4 is 22.6 Å². The molecule has 0 saturated heterocycles. The number of carbonyl (C=O) groups is 1. The topological polar surface area (TPSA) is 54.5 Å². The number of pyridine rings is 1. The van der Waals surface area contributed by atoms with Crippen LogP contribution in [0.4, 0.5) is 19.3 Å². The van der Waals surface area contributed by atoms with Gasteiger partial charge in [-0.1, -0.05) is 6.92 Å². The van der Waals surface area contributed by atoms with Gasteiger partial charge >= 0.3 is 6.03 Å². The zero-order chi connectivity index (χ0) is 20.5. The Morgan fingerprint density at radius 2 is 1.86 bits per heavy atom. The van der Waals surface area contributed by atoms with Crippen LogP contribution in [-0.2, 0) is 0 Å². The smallest absolute Gasteiger partial charge is 0.321 e. The summed E-state index contributed by atoms with van der Waals surface area (Å²) in [5.41, 5.74) is 1.20. The molecule has 3 unspecified atom stereocenters. The van der Waals surface area contributed by atoms with Crippen molar-refractivity contribution in [2.24, 2.45) is 11.8 Å². The highest BCUT2D eigenvalue weighted by molar-refractivity contribution is 5.89. The first-order valence-electron chi connectivity index (χ1n) is 9.41. The second-order valence-electron chi connectivity index (χ2n) is 7.39. The van der Waals surface area contributed by atoms with Crippen LogP contribution in [0.1, 0.15) is 6.92 Å². The second-order valence-corrected chi connectivity index (χ2v) is 7.39. The van der Waals surface area contributed by atoms with E-state index in [2.05, 4.69) is 17.2 Å². The van der Waals surface area contributed by atoms with Gasteiger partial charge in [-0.15, -0.1) is 0 Å². The fraction of sp³-hybridized carbons (Fsp3) is 0.273. The average molecular weight is 397 g/mol. The van der Waals surface area contributed by atoms with Crippen LogP contribution in [0.5, 0.6) is 5.75 Å². The van der Waals surface area contributed by atoms with Crippen LogP contribution < -0.4 is 10.1 Å². The number of fused-ring (bicyclic) bond motifs is 1. The summed E-state index contributed by atoms with van der Waals surface area (Å²) in [6, 6.07) is 11.5. The minimum absolute atomic E-state index is 0.0649. The van der Waals surface area contributed by atoms with Crippen molar-refractivity contribution < 1.29 is 18.3 Å². The Hall–Kier alpha value is -3.22. The molecule has 2 amide bonds. The van der Waals surface area contributed by atoms with Gasteiger partial charge in [-0.3, -0.25) is 4.98 Å². The lowest BCUT2D eigenvalue weighted by molar-refractivity contribution is 0.214. The van der Waals surface area contributed by atoms with E-state index in [9.17, 15) is 13.6 Å². The number of amides is 2. The van der Waals surface area contributed by atoms with Crippen molar-refractivity contribution in [3.63, 3.8) is 0 Å². The second kappa shape index (κ2) is 7.66. The van der Waals surface area contributed by atoms with Gasteiger partial charge < -0.3 is 15.0 Å². The number of hydrogen-bond donors (Lipinski definition) is 1. The summed E-state index contributed by atoms with van der Waals surface area (Å²) in [7, 11) is 1.71. The van der Waals surface area contributed by atoms with E-state index in [0.29, 0.717) is 28.9 Å². The van der Waals surface area contributed by atoms with E-state index in [1.807, 2.05) is 0 Å². The highest BCUT2D eigenvalue weighted by Crippen LogP contribution is 2.43. The number of urea groups is 1. The molecule has 7 heteroatoms. The monoisotopic (exact) mass is 397 g/mol. The maximum Gasteiger partial charge on any atom is 0.321 e. The van der Waals surface area contributed by atoms with Crippen LogP contribution in [-0.4, -0.2) is 35.6 Å². The van der Waals surface area contributed by atoms with E-state index < -0.39 is 0 Å². The summed E-state index contributed by atoms with van der Waals surface area (Å²) < 4.78 is 32.7. The van der Waals surface area contributed by atoms with Crippen molar-refractivity contribution in [3.8, 4) is 5.75 Å². The van der Waals surface area contributed by atoms with Crippen LogP contribution in [0.2, 0.25) is 0 Å². The Balaban J connectivity index is 1.38. The van der Waals surface area contributed by atoms with E-state index >= 15 is 0 Å². The summed E-state index contributed by atoms with van der Waals surface area (Å²) in [5, 5.41) is 3.37. The fourth-order valence-corrected chi connectivity index (χ4v) is 3.46. The van der Waals surface area contributed by atoms with Crippen LogP contribution >= 0.6 is 0 Å². The molecule has 1 saturated carbocycles. The number of hydrogen-bond acceptors (Lipinski definition) is 3. The largest absolute Gasteiger partial charge is 0.489 e. The van der Waals surface area contributed by atoms with Crippen molar-refractivity contribution in [1.29, 1.82) is 0 Å². The van der Waals surface area contributed by atoms with Gasteiger partial charge in [0.15, 0.2) is 0 Å². The van der Waals surface area contributed by atoms with Crippen LogP contribution in [0, 0.1) is 23.5 Å². The molecule has 1 N–H and O–H groups in total. The molecular weight excluding hydrogens is 376 g/mol. The molecule has 3 atom stereocenters. The number of benzene rings is 2. The maximum absolute atomic E-state index is 13.6. The van der Waals surface area contributed by atoms with Gasteiger partial charge in [0.2, 0.25) is 0 Å². The van der Waals surface area contributed by atoms with E-state index in [0.717, 1.165) is 0 Å². The Labute approximate surface area is 167 Å². The number of anilines is 1. The van der Waals surface area contributed by atoms with Gasteiger partial charge in [0, 0.05) is 42.7 Å². The van der Waals surface area contributed by atoms with E-state index in [1.54, 1.807) is 30.3 Å². The van der Waals surface area contributed by atoms with Crippen molar-refractivity contribution in [2.75, 3.05) is 18.9 Å². The summed E-state index contributed by atoms with van der Waals surface area (Å²) in [5.74, 6) is 0.315. The molecule has 4 rings (SSSR count). The molecule has 0 bridgehead atoms. The molecule has 3 aromatic rings. The van der Waals surface area contributed by atoms with Gasteiger partial charge in [-0.2, -0.15) is 0 Å². The third kappa shape index (κ3) is 4.13. The van der Waals surface area contributed by atoms with Crippen molar-refractivity contribution in [2.45, 2.75) is 13.0 Å². The Morgan fingerprint density at radius 1 is 1.14 bits per heavy atom. The first kappa shape index (κ1) is 19.1. The van der Waals surface area contributed by atoms with Crippen LogP contribution in [0.15, 0.2) is 54.7 Å². The molecule has 1 aliphatic rings. The molecule has 0 spiro atoms. The van der Waals surface area contributed by atoms with E-state index in [4.69, 9.17) is 4.74 Å². The highest BCUT2D eigenvalue weighted by Gasteiger charge is 2.50. The highest BCUT2D eigenvalue weighted by atomic mass is 19.1.